The highest BCUT2D eigenvalue weighted by Crippen LogP contribution is 2.26. The van der Waals surface area contributed by atoms with Crippen molar-refractivity contribution in [3.63, 3.8) is 0 Å². The maximum Gasteiger partial charge on any atom is 0.102 e. The van der Waals surface area contributed by atoms with Crippen LogP contribution in [0.2, 0.25) is 0 Å². The molecule has 4 heteroatoms. The van der Waals surface area contributed by atoms with Crippen LogP contribution in [-0.2, 0) is 6.54 Å². The number of hydrogen-bond donors (Lipinski definition) is 1. The number of pyridine rings is 1. The van der Waals surface area contributed by atoms with Gasteiger partial charge < -0.3 is 5.73 Å². The molecule has 2 N–H and O–H groups in total. The van der Waals surface area contributed by atoms with Gasteiger partial charge in [0.15, 0.2) is 0 Å². The summed E-state index contributed by atoms with van der Waals surface area (Å²) in [6.07, 6.45) is 4.61. The molecule has 2 heterocycles. The van der Waals surface area contributed by atoms with Crippen LogP contribution in [0.25, 0.3) is 22.2 Å². The highest BCUT2D eigenvalue weighted by molar-refractivity contribution is 5.92. The standard InChI is InChI=1S/C15H16N4/c16-8-4-10-19-14-7-9-17-11-13(14)15(18-19)12-5-2-1-3-6-12/h1-3,5-7,9,11H,4,8,10,16H2. The van der Waals surface area contributed by atoms with Crippen molar-refractivity contribution in [1.29, 1.82) is 0 Å². The van der Waals surface area contributed by atoms with Gasteiger partial charge in [-0.15, -0.1) is 0 Å². The van der Waals surface area contributed by atoms with E-state index in [1.807, 2.05) is 35.1 Å². The van der Waals surface area contributed by atoms with E-state index in [9.17, 15) is 0 Å². The maximum absolute atomic E-state index is 5.58. The van der Waals surface area contributed by atoms with Crippen molar-refractivity contribution in [3.8, 4) is 11.3 Å². The summed E-state index contributed by atoms with van der Waals surface area (Å²) in [5.74, 6) is 0. The molecule has 96 valence electrons. The highest BCUT2D eigenvalue weighted by atomic mass is 15.3. The number of nitrogens with two attached hydrogens (primary N) is 1. The summed E-state index contributed by atoms with van der Waals surface area (Å²) in [7, 11) is 0. The first-order valence-corrected chi connectivity index (χ1v) is 6.46. The van der Waals surface area contributed by atoms with Crippen molar-refractivity contribution in [3.05, 3.63) is 48.8 Å². The Morgan fingerprint density at radius 2 is 1.95 bits per heavy atom. The predicted molar refractivity (Wildman–Crippen MR) is 76.6 cm³/mol. The number of hydrogen-bond acceptors (Lipinski definition) is 3. The van der Waals surface area contributed by atoms with Gasteiger partial charge in [-0.05, 0) is 19.0 Å². The van der Waals surface area contributed by atoms with Gasteiger partial charge in [-0.3, -0.25) is 9.67 Å². The van der Waals surface area contributed by atoms with E-state index >= 15 is 0 Å². The fourth-order valence-corrected chi connectivity index (χ4v) is 2.24. The van der Waals surface area contributed by atoms with Crippen LogP contribution in [0, 0.1) is 0 Å². The monoisotopic (exact) mass is 252 g/mol. The predicted octanol–water partition coefficient (Wildman–Crippen LogP) is 2.45. The molecule has 19 heavy (non-hydrogen) atoms. The third kappa shape index (κ3) is 2.22. The zero-order chi connectivity index (χ0) is 13.1. The van der Waals surface area contributed by atoms with Crippen LogP contribution in [0.3, 0.4) is 0 Å². The lowest BCUT2D eigenvalue weighted by atomic mass is 10.1. The van der Waals surface area contributed by atoms with E-state index < -0.39 is 0 Å². The van der Waals surface area contributed by atoms with Crippen molar-refractivity contribution < 1.29 is 0 Å². The molecule has 0 radical (unpaired) electrons. The molecular weight excluding hydrogens is 236 g/mol. The molecule has 0 aliphatic rings. The second-order valence-corrected chi connectivity index (χ2v) is 4.47. The molecule has 0 saturated carbocycles. The Balaban J connectivity index is 2.15. The molecule has 0 atom stereocenters. The Morgan fingerprint density at radius 3 is 2.74 bits per heavy atom. The summed E-state index contributed by atoms with van der Waals surface area (Å²) in [6, 6.07) is 12.2. The third-order valence-electron chi connectivity index (χ3n) is 3.17. The van der Waals surface area contributed by atoms with Crippen LogP contribution in [0.4, 0.5) is 0 Å². The lowest BCUT2D eigenvalue weighted by Gasteiger charge is -2.00. The average molecular weight is 252 g/mol. The second kappa shape index (κ2) is 5.20. The van der Waals surface area contributed by atoms with Gasteiger partial charge in [0.1, 0.15) is 5.69 Å². The van der Waals surface area contributed by atoms with Gasteiger partial charge in [0, 0.05) is 29.9 Å². The second-order valence-electron chi connectivity index (χ2n) is 4.47. The van der Waals surface area contributed by atoms with Gasteiger partial charge in [-0.25, -0.2) is 0 Å². The summed E-state index contributed by atoms with van der Waals surface area (Å²) >= 11 is 0. The summed E-state index contributed by atoms with van der Waals surface area (Å²) in [4.78, 5) is 4.21. The van der Waals surface area contributed by atoms with Crippen LogP contribution < -0.4 is 5.73 Å². The first kappa shape index (κ1) is 11.9. The number of benzene rings is 1. The molecule has 0 unspecified atom stereocenters. The van der Waals surface area contributed by atoms with Crippen molar-refractivity contribution in [2.24, 2.45) is 5.73 Å². The lowest BCUT2D eigenvalue weighted by Crippen LogP contribution is -2.06. The largest absolute Gasteiger partial charge is 0.330 e. The minimum atomic E-state index is 0.674. The number of rotatable bonds is 4. The zero-order valence-electron chi connectivity index (χ0n) is 10.7. The Kier molecular flexibility index (Phi) is 3.25. The molecule has 0 aliphatic carbocycles. The van der Waals surface area contributed by atoms with Gasteiger partial charge in [0.05, 0.1) is 5.52 Å². The number of nitrogens with zero attached hydrogens (tertiary/aromatic N) is 3. The molecule has 0 saturated heterocycles. The van der Waals surface area contributed by atoms with E-state index in [1.165, 1.54) is 0 Å². The van der Waals surface area contributed by atoms with Gasteiger partial charge >= 0.3 is 0 Å². The van der Waals surface area contributed by atoms with Crippen molar-refractivity contribution in [2.45, 2.75) is 13.0 Å². The Hall–Kier alpha value is -2.20. The SMILES string of the molecule is NCCCn1nc(-c2ccccc2)c2cnccc21. The van der Waals surface area contributed by atoms with Gasteiger partial charge in [-0.2, -0.15) is 5.10 Å². The lowest BCUT2D eigenvalue weighted by molar-refractivity contribution is 0.604. The summed E-state index contributed by atoms with van der Waals surface area (Å²) in [5.41, 5.74) is 8.80. The highest BCUT2D eigenvalue weighted by Gasteiger charge is 2.11. The summed E-state index contributed by atoms with van der Waals surface area (Å²) in [6.45, 7) is 1.51. The molecule has 3 aromatic rings. The van der Waals surface area contributed by atoms with Crippen LogP contribution in [0.15, 0.2) is 48.8 Å². The average Bonchev–Trinajstić information content (AvgIpc) is 2.85. The first-order chi connectivity index (χ1) is 9.40. The van der Waals surface area contributed by atoms with Crippen molar-refractivity contribution in [2.75, 3.05) is 6.54 Å². The number of fused-ring (bicyclic) bond motifs is 1. The van der Waals surface area contributed by atoms with Crippen molar-refractivity contribution in [1.82, 2.24) is 14.8 Å². The molecule has 2 aromatic heterocycles. The Morgan fingerprint density at radius 1 is 1.11 bits per heavy atom. The maximum atomic E-state index is 5.58. The minimum Gasteiger partial charge on any atom is -0.330 e. The molecular formula is C15H16N4. The van der Waals surface area contributed by atoms with E-state index in [0.717, 1.165) is 35.1 Å². The van der Waals surface area contributed by atoms with E-state index in [4.69, 9.17) is 10.8 Å². The Bertz CT molecular complexity index is 673. The van der Waals surface area contributed by atoms with Crippen LogP contribution in [-0.4, -0.2) is 21.3 Å². The van der Waals surface area contributed by atoms with Gasteiger partial charge in [0.25, 0.3) is 0 Å². The third-order valence-corrected chi connectivity index (χ3v) is 3.17. The normalized spacial score (nSPS) is 11.0. The minimum absolute atomic E-state index is 0.674. The van der Waals surface area contributed by atoms with Crippen LogP contribution >= 0.6 is 0 Å². The number of aromatic nitrogens is 3. The molecule has 0 bridgehead atoms. The quantitative estimate of drug-likeness (QED) is 0.776. The first-order valence-electron chi connectivity index (χ1n) is 6.46. The van der Waals surface area contributed by atoms with Gasteiger partial charge in [-0.1, -0.05) is 30.3 Å². The fourth-order valence-electron chi connectivity index (χ4n) is 2.24. The topological polar surface area (TPSA) is 56.7 Å². The van der Waals surface area contributed by atoms with E-state index in [-0.39, 0.29) is 0 Å². The van der Waals surface area contributed by atoms with Crippen molar-refractivity contribution >= 4 is 10.9 Å². The van der Waals surface area contributed by atoms with E-state index in [2.05, 4.69) is 17.1 Å². The summed E-state index contributed by atoms with van der Waals surface area (Å²) < 4.78 is 2.02. The van der Waals surface area contributed by atoms with E-state index in [1.54, 1.807) is 6.20 Å². The molecule has 3 rings (SSSR count). The molecule has 0 aliphatic heterocycles. The molecule has 0 spiro atoms. The molecule has 4 nitrogen and oxygen atoms in total. The van der Waals surface area contributed by atoms with E-state index in [0.29, 0.717) is 6.54 Å². The zero-order valence-corrected chi connectivity index (χ0v) is 10.7. The van der Waals surface area contributed by atoms with Gasteiger partial charge in [0.2, 0.25) is 0 Å². The van der Waals surface area contributed by atoms with Crippen LogP contribution in [0.5, 0.6) is 0 Å². The number of aryl methyl sites for hydroxylation is 1. The smallest absolute Gasteiger partial charge is 0.102 e. The molecule has 0 fully saturated rings. The molecule has 0 amide bonds. The molecule has 1 aromatic carbocycles. The Labute approximate surface area is 111 Å². The fraction of sp³-hybridized carbons (Fsp3) is 0.200. The summed E-state index contributed by atoms with van der Waals surface area (Å²) in [5, 5.41) is 5.81. The van der Waals surface area contributed by atoms with Crippen LogP contribution in [0.1, 0.15) is 6.42 Å².